The molecule has 0 saturated carbocycles. The predicted molar refractivity (Wildman–Crippen MR) is 82.8 cm³/mol. The predicted octanol–water partition coefficient (Wildman–Crippen LogP) is 2.11. The first-order valence-corrected chi connectivity index (χ1v) is 8.06. The summed E-state index contributed by atoms with van der Waals surface area (Å²) in [6, 6.07) is 4.48. The van der Waals surface area contributed by atoms with Crippen LogP contribution in [0.15, 0.2) is 24.5 Å². The molecule has 2 unspecified atom stereocenters. The molecule has 1 N–H and O–H groups in total. The number of rotatable bonds is 6. The van der Waals surface area contributed by atoms with Crippen molar-refractivity contribution in [3.8, 4) is 0 Å². The number of aromatic nitrogens is 2. The molecule has 0 fully saturated rings. The molecule has 1 aromatic carbocycles. The Morgan fingerprint density at radius 2 is 2.19 bits per heavy atom. The Balaban J connectivity index is 2.21. The van der Waals surface area contributed by atoms with Gasteiger partial charge in [-0.1, -0.05) is 6.92 Å². The zero-order chi connectivity index (χ0) is 15.4. The van der Waals surface area contributed by atoms with Gasteiger partial charge in [0.2, 0.25) is 0 Å². The van der Waals surface area contributed by atoms with E-state index in [1.807, 2.05) is 6.92 Å². The molecule has 21 heavy (non-hydrogen) atoms. The number of benzene rings is 1. The average molecular weight is 308 g/mol. The van der Waals surface area contributed by atoms with Gasteiger partial charge in [0.05, 0.1) is 10.4 Å². The molecular weight excluding hydrogens is 292 g/mol. The molecule has 0 aliphatic carbocycles. The number of nitro groups is 1. The fourth-order valence-corrected chi connectivity index (χ4v) is 2.31. The smallest absolute Gasteiger partial charge is 0.270 e. The van der Waals surface area contributed by atoms with E-state index in [1.54, 1.807) is 12.3 Å². The van der Waals surface area contributed by atoms with Crippen LogP contribution in [0.25, 0.3) is 10.9 Å². The molecule has 8 heteroatoms. The van der Waals surface area contributed by atoms with Crippen molar-refractivity contribution in [1.29, 1.82) is 0 Å². The molecular formula is C13H16N4O3S. The van der Waals surface area contributed by atoms with Crippen molar-refractivity contribution in [2.75, 3.05) is 18.1 Å². The van der Waals surface area contributed by atoms with Crippen LogP contribution in [0.1, 0.15) is 13.3 Å². The molecule has 0 radical (unpaired) electrons. The highest BCUT2D eigenvalue weighted by Gasteiger charge is 2.11. The monoisotopic (exact) mass is 308 g/mol. The van der Waals surface area contributed by atoms with Crippen LogP contribution in [0.3, 0.4) is 0 Å². The molecule has 0 saturated heterocycles. The van der Waals surface area contributed by atoms with E-state index in [-0.39, 0.29) is 10.9 Å². The highest BCUT2D eigenvalue weighted by Crippen LogP contribution is 2.24. The first-order valence-electron chi connectivity index (χ1n) is 6.44. The average Bonchev–Trinajstić information content (AvgIpc) is 2.46. The maximum atomic E-state index is 11.3. The molecule has 1 aromatic heterocycles. The molecule has 2 rings (SSSR count). The number of nitrogens with one attached hydrogen (secondary N) is 1. The number of hydrogen-bond acceptors (Lipinski definition) is 6. The van der Waals surface area contributed by atoms with Gasteiger partial charge in [-0.2, -0.15) is 0 Å². The minimum atomic E-state index is -0.867. The zero-order valence-electron chi connectivity index (χ0n) is 11.8. The van der Waals surface area contributed by atoms with Crippen molar-refractivity contribution in [2.45, 2.75) is 18.6 Å². The van der Waals surface area contributed by atoms with Crippen LogP contribution in [-0.2, 0) is 10.8 Å². The third-order valence-corrected chi connectivity index (χ3v) is 4.61. The first-order chi connectivity index (χ1) is 9.99. The van der Waals surface area contributed by atoms with E-state index in [0.29, 0.717) is 23.3 Å². The molecule has 7 nitrogen and oxygen atoms in total. The van der Waals surface area contributed by atoms with E-state index < -0.39 is 15.7 Å². The molecule has 1 heterocycles. The molecule has 0 aliphatic heterocycles. The third kappa shape index (κ3) is 3.72. The molecule has 112 valence electrons. The second-order valence-corrected chi connectivity index (χ2v) is 6.51. The normalized spacial score (nSPS) is 13.8. The largest absolute Gasteiger partial charge is 0.369 e. The number of non-ortho nitro benzene ring substituents is 1. The van der Waals surface area contributed by atoms with Crippen LogP contribution in [-0.4, -0.2) is 37.2 Å². The van der Waals surface area contributed by atoms with Gasteiger partial charge in [-0.25, -0.2) is 9.97 Å². The summed E-state index contributed by atoms with van der Waals surface area (Å²) >= 11 is 0. The van der Waals surface area contributed by atoms with Crippen molar-refractivity contribution in [3.63, 3.8) is 0 Å². The van der Waals surface area contributed by atoms with Crippen molar-refractivity contribution < 1.29 is 9.13 Å². The van der Waals surface area contributed by atoms with Crippen LogP contribution in [0.5, 0.6) is 0 Å². The Bertz CT molecular complexity index is 692. The van der Waals surface area contributed by atoms with Gasteiger partial charge in [0, 0.05) is 46.4 Å². The number of nitrogens with zero attached hydrogens (tertiary/aromatic N) is 3. The lowest BCUT2D eigenvalue weighted by Crippen LogP contribution is -2.15. The third-order valence-electron chi connectivity index (χ3n) is 3.24. The fraction of sp³-hybridized carbons (Fsp3) is 0.385. The number of hydrogen-bond donors (Lipinski definition) is 1. The summed E-state index contributed by atoms with van der Waals surface area (Å²) in [5, 5.41) is 14.7. The summed E-state index contributed by atoms with van der Waals surface area (Å²) < 4.78 is 11.3. The first kappa shape index (κ1) is 15.3. The molecule has 0 spiro atoms. The Morgan fingerprint density at radius 1 is 1.43 bits per heavy atom. The van der Waals surface area contributed by atoms with Crippen LogP contribution < -0.4 is 5.32 Å². The van der Waals surface area contributed by atoms with E-state index in [1.165, 1.54) is 18.5 Å². The Morgan fingerprint density at radius 3 is 2.86 bits per heavy atom. The van der Waals surface area contributed by atoms with E-state index in [9.17, 15) is 14.3 Å². The van der Waals surface area contributed by atoms with E-state index in [0.717, 1.165) is 6.42 Å². The summed E-state index contributed by atoms with van der Waals surface area (Å²) in [4.78, 5) is 18.6. The highest BCUT2D eigenvalue weighted by molar-refractivity contribution is 7.84. The van der Waals surface area contributed by atoms with E-state index in [4.69, 9.17) is 0 Å². The Labute approximate surface area is 124 Å². The summed E-state index contributed by atoms with van der Waals surface area (Å²) in [5.41, 5.74) is 0.647. The molecule has 0 aliphatic rings. The van der Waals surface area contributed by atoms with E-state index >= 15 is 0 Å². The number of anilines is 1. The standard InChI is InChI=1S/C13H16N4O3S/c1-9(21(2)20)5-6-14-13-11-7-10(17(18)19)3-4-12(11)15-8-16-13/h3-4,7-9H,5-6H2,1-2H3,(H,14,15,16). The minimum absolute atomic E-state index is 0.00313. The van der Waals surface area contributed by atoms with Crippen molar-refractivity contribution in [2.24, 2.45) is 0 Å². The SMILES string of the molecule is CC(CCNc1ncnc2ccc([N+](=O)[O-])cc12)S(C)=O. The van der Waals surface area contributed by atoms with Crippen molar-refractivity contribution >= 4 is 33.2 Å². The second-order valence-electron chi connectivity index (χ2n) is 4.71. The quantitative estimate of drug-likeness (QED) is 0.648. The van der Waals surface area contributed by atoms with Crippen LogP contribution >= 0.6 is 0 Å². The van der Waals surface area contributed by atoms with Gasteiger partial charge in [-0.3, -0.25) is 14.3 Å². The Kier molecular flexibility index (Phi) is 4.79. The van der Waals surface area contributed by atoms with Crippen LogP contribution in [0.2, 0.25) is 0 Å². The van der Waals surface area contributed by atoms with Gasteiger partial charge in [-0.05, 0) is 12.5 Å². The molecule has 2 aromatic rings. The number of fused-ring (bicyclic) bond motifs is 1. The van der Waals surface area contributed by atoms with Gasteiger partial charge >= 0.3 is 0 Å². The summed E-state index contributed by atoms with van der Waals surface area (Å²) in [5.74, 6) is 0.554. The second kappa shape index (κ2) is 6.57. The van der Waals surface area contributed by atoms with Gasteiger partial charge in [0.15, 0.2) is 0 Å². The molecule has 0 amide bonds. The molecule has 0 bridgehead atoms. The van der Waals surface area contributed by atoms with Gasteiger partial charge < -0.3 is 5.32 Å². The van der Waals surface area contributed by atoms with Gasteiger partial charge in [-0.15, -0.1) is 0 Å². The van der Waals surface area contributed by atoms with Gasteiger partial charge in [0.1, 0.15) is 12.1 Å². The van der Waals surface area contributed by atoms with E-state index in [2.05, 4.69) is 15.3 Å². The van der Waals surface area contributed by atoms with Crippen molar-refractivity contribution in [1.82, 2.24) is 9.97 Å². The molecule has 2 atom stereocenters. The topological polar surface area (TPSA) is 98.0 Å². The van der Waals surface area contributed by atoms with Crippen LogP contribution in [0.4, 0.5) is 11.5 Å². The van der Waals surface area contributed by atoms with Gasteiger partial charge in [0.25, 0.3) is 5.69 Å². The van der Waals surface area contributed by atoms with Crippen molar-refractivity contribution in [3.05, 3.63) is 34.6 Å². The lowest BCUT2D eigenvalue weighted by molar-refractivity contribution is -0.384. The number of nitro benzene ring substituents is 1. The maximum Gasteiger partial charge on any atom is 0.270 e. The maximum absolute atomic E-state index is 11.3. The summed E-state index contributed by atoms with van der Waals surface area (Å²) in [6.45, 7) is 2.51. The summed E-state index contributed by atoms with van der Waals surface area (Å²) in [7, 11) is -0.867. The highest BCUT2D eigenvalue weighted by atomic mass is 32.2. The minimum Gasteiger partial charge on any atom is -0.369 e. The summed E-state index contributed by atoms with van der Waals surface area (Å²) in [6.07, 6.45) is 3.82. The Hall–Kier alpha value is -2.09. The fourth-order valence-electron chi connectivity index (χ4n) is 1.86. The lowest BCUT2D eigenvalue weighted by atomic mass is 10.2. The zero-order valence-corrected chi connectivity index (χ0v) is 12.6. The lowest BCUT2D eigenvalue weighted by Gasteiger charge is -2.11. The van der Waals surface area contributed by atoms with Crippen LogP contribution in [0, 0.1) is 10.1 Å².